The molecule has 4 nitrogen and oxygen atoms in total. The molecule has 1 aromatic carbocycles. The summed E-state index contributed by atoms with van der Waals surface area (Å²) in [6, 6.07) is 12.1. The standard InChI is InChI=1S/C18H19N3O/c1-21-13-15(16-4-2-3-5-17(16)21)12-18(22)20-11-8-14-6-9-19-10-7-14/h2-7,9-10,13H,8,11-12H2,1H3,(H,20,22). The molecule has 0 saturated heterocycles. The van der Waals surface area contributed by atoms with E-state index >= 15 is 0 Å². The predicted molar refractivity (Wildman–Crippen MR) is 87.6 cm³/mol. The molecule has 22 heavy (non-hydrogen) atoms. The summed E-state index contributed by atoms with van der Waals surface area (Å²) in [4.78, 5) is 16.1. The van der Waals surface area contributed by atoms with E-state index in [0.29, 0.717) is 13.0 Å². The molecule has 0 fully saturated rings. The highest BCUT2D eigenvalue weighted by molar-refractivity contribution is 5.89. The molecular formula is C18H19N3O. The van der Waals surface area contributed by atoms with E-state index in [1.807, 2.05) is 37.5 Å². The van der Waals surface area contributed by atoms with E-state index in [0.717, 1.165) is 22.9 Å². The number of fused-ring (bicyclic) bond motifs is 1. The summed E-state index contributed by atoms with van der Waals surface area (Å²) >= 11 is 0. The van der Waals surface area contributed by atoms with Crippen LogP contribution in [0, 0.1) is 0 Å². The first kappa shape index (κ1) is 14.3. The van der Waals surface area contributed by atoms with Gasteiger partial charge in [0.2, 0.25) is 5.91 Å². The molecule has 0 radical (unpaired) electrons. The zero-order valence-electron chi connectivity index (χ0n) is 12.6. The van der Waals surface area contributed by atoms with Gasteiger partial charge in [0.25, 0.3) is 0 Å². The van der Waals surface area contributed by atoms with Crippen molar-refractivity contribution < 1.29 is 4.79 Å². The Labute approximate surface area is 129 Å². The van der Waals surface area contributed by atoms with Crippen LogP contribution in [0.1, 0.15) is 11.1 Å². The van der Waals surface area contributed by atoms with Gasteiger partial charge >= 0.3 is 0 Å². The molecule has 0 saturated carbocycles. The van der Waals surface area contributed by atoms with Crippen LogP contribution in [-0.4, -0.2) is 22.0 Å². The number of carbonyl (C=O) groups excluding carboxylic acids is 1. The van der Waals surface area contributed by atoms with Crippen molar-refractivity contribution in [3.63, 3.8) is 0 Å². The van der Waals surface area contributed by atoms with Gasteiger partial charge in [0.05, 0.1) is 6.42 Å². The van der Waals surface area contributed by atoms with E-state index in [9.17, 15) is 4.79 Å². The van der Waals surface area contributed by atoms with Crippen LogP contribution < -0.4 is 5.32 Å². The lowest BCUT2D eigenvalue weighted by Gasteiger charge is -2.05. The maximum Gasteiger partial charge on any atom is 0.224 e. The van der Waals surface area contributed by atoms with Crippen molar-refractivity contribution >= 4 is 16.8 Å². The zero-order chi connectivity index (χ0) is 15.4. The number of amides is 1. The van der Waals surface area contributed by atoms with Gasteiger partial charge in [-0.15, -0.1) is 0 Å². The van der Waals surface area contributed by atoms with Crippen LogP contribution in [0.5, 0.6) is 0 Å². The fraction of sp³-hybridized carbons (Fsp3) is 0.222. The van der Waals surface area contributed by atoms with Crippen molar-refractivity contribution in [3.8, 4) is 0 Å². The maximum absolute atomic E-state index is 12.1. The van der Waals surface area contributed by atoms with Crippen LogP contribution in [0.3, 0.4) is 0 Å². The number of rotatable bonds is 5. The number of aryl methyl sites for hydroxylation is 1. The SMILES string of the molecule is Cn1cc(CC(=O)NCCc2ccncc2)c2ccccc21. The second kappa shape index (κ2) is 6.43. The minimum Gasteiger partial charge on any atom is -0.355 e. The van der Waals surface area contributed by atoms with Crippen molar-refractivity contribution in [1.82, 2.24) is 14.9 Å². The van der Waals surface area contributed by atoms with Gasteiger partial charge in [-0.25, -0.2) is 0 Å². The van der Waals surface area contributed by atoms with Gasteiger partial charge in [0, 0.05) is 43.1 Å². The highest BCUT2D eigenvalue weighted by atomic mass is 16.1. The van der Waals surface area contributed by atoms with Crippen molar-refractivity contribution in [3.05, 3.63) is 66.1 Å². The Balaban J connectivity index is 1.59. The summed E-state index contributed by atoms with van der Waals surface area (Å²) < 4.78 is 2.06. The third kappa shape index (κ3) is 3.17. The van der Waals surface area contributed by atoms with Crippen LogP contribution in [0.4, 0.5) is 0 Å². The number of hydrogen-bond donors (Lipinski definition) is 1. The summed E-state index contributed by atoms with van der Waals surface area (Å²) in [6.07, 6.45) is 6.81. The molecule has 0 unspecified atom stereocenters. The van der Waals surface area contributed by atoms with E-state index in [1.165, 1.54) is 5.56 Å². The Morgan fingerprint density at radius 2 is 1.95 bits per heavy atom. The van der Waals surface area contributed by atoms with Gasteiger partial charge in [-0.1, -0.05) is 18.2 Å². The summed E-state index contributed by atoms with van der Waals surface area (Å²) in [5.41, 5.74) is 3.40. The Bertz CT molecular complexity index is 777. The second-order valence-corrected chi connectivity index (χ2v) is 5.41. The molecular weight excluding hydrogens is 274 g/mol. The quantitative estimate of drug-likeness (QED) is 0.785. The van der Waals surface area contributed by atoms with Crippen LogP contribution in [-0.2, 0) is 24.7 Å². The Hall–Kier alpha value is -2.62. The fourth-order valence-corrected chi connectivity index (χ4v) is 2.70. The predicted octanol–water partition coefficient (Wildman–Crippen LogP) is 2.47. The third-order valence-corrected chi connectivity index (χ3v) is 3.82. The van der Waals surface area contributed by atoms with E-state index in [2.05, 4.69) is 27.0 Å². The van der Waals surface area contributed by atoms with Crippen LogP contribution in [0.25, 0.3) is 10.9 Å². The lowest BCUT2D eigenvalue weighted by molar-refractivity contribution is -0.120. The van der Waals surface area contributed by atoms with E-state index in [1.54, 1.807) is 12.4 Å². The average molecular weight is 293 g/mol. The fourth-order valence-electron chi connectivity index (χ4n) is 2.70. The summed E-state index contributed by atoms with van der Waals surface area (Å²) in [7, 11) is 2.01. The molecule has 4 heteroatoms. The lowest BCUT2D eigenvalue weighted by atomic mass is 10.1. The lowest BCUT2D eigenvalue weighted by Crippen LogP contribution is -2.27. The summed E-state index contributed by atoms with van der Waals surface area (Å²) in [5, 5.41) is 4.13. The van der Waals surface area contributed by atoms with E-state index in [-0.39, 0.29) is 5.91 Å². The Morgan fingerprint density at radius 3 is 2.77 bits per heavy atom. The Morgan fingerprint density at radius 1 is 1.18 bits per heavy atom. The molecule has 2 aromatic heterocycles. The number of nitrogens with zero attached hydrogens (tertiary/aromatic N) is 2. The molecule has 0 aliphatic carbocycles. The number of aromatic nitrogens is 2. The first-order chi connectivity index (χ1) is 10.7. The van der Waals surface area contributed by atoms with E-state index in [4.69, 9.17) is 0 Å². The van der Waals surface area contributed by atoms with Crippen molar-refractivity contribution in [1.29, 1.82) is 0 Å². The number of nitrogens with one attached hydrogen (secondary N) is 1. The molecule has 0 spiro atoms. The molecule has 112 valence electrons. The molecule has 0 atom stereocenters. The Kier molecular flexibility index (Phi) is 4.19. The molecule has 0 aliphatic heterocycles. The van der Waals surface area contributed by atoms with Gasteiger partial charge < -0.3 is 9.88 Å². The number of carbonyl (C=O) groups is 1. The largest absolute Gasteiger partial charge is 0.355 e. The van der Waals surface area contributed by atoms with Crippen molar-refractivity contribution in [2.75, 3.05) is 6.54 Å². The van der Waals surface area contributed by atoms with Gasteiger partial charge in [-0.2, -0.15) is 0 Å². The minimum absolute atomic E-state index is 0.0606. The maximum atomic E-state index is 12.1. The first-order valence-electron chi connectivity index (χ1n) is 7.42. The zero-order valence-corrected chi connectivity index (χ0v) is 12.6. The monoisotopic (exact) mass is 293 g/mol. The highest BCUT2D eigenvalue weighted by Crippen LogP contribution is 2.20. The molecule has 1 N–H and O–H groups in total. The van der Waals surface area contributed by atoms with Gasteiger partial charge in [-0.3, -0.25) is 9.78 Å². The summed E-state index contributed by atoms with van der Waals surface area (Å²) in [5.74, 6) is 0.0606. The number of pyridine rings is 1. The summed E-state index contributed by atoms with van der Waals surface area (Å²) in [6.45, 7) is 0.646. The van der Waals surface area contributed by atoms with Gasteiger partial charge in [0.15, 0.2) is 0 Å². The molecule has 1 amide bonds. The number of para-hydroxylation sites is 1. The third-order valence-electron chi connectivity index (χ3n) is 3.82. The normalized spacial score (nSPS) is 10.8. The number of hydrogen-bond acceptors (Lipinski definition) is 2. The first-order valence-corrected chi connectivity index (χ1v) is 7.42. The molecule has 0 bridgehead atoms. The van der Waals surface area contributed by atoms with Crippen LogP contribution in [0.2, 0.25) is 0 Å². The van der Waals surface area contributed by atoms with Crippen molar-refractivity contribution in [2.45, 2.75) is 12.8 Å². The molecule has 2 heterocycles. The van der Waals surface area contributed by atoms with Crippen LogP contribution >= 0.6 is 0 Å². The minimum atomic E-state index is 0.0606. The average Bonchev–Trinajstić information content (AvgIpc) is 2.85. The van der Waals surface area contributed by atoms with Crippen molar-refractivity contribution in [2.24, 2.45) is 7.05 Å². The van der Waals surface area contributed by atoms with Gasteiger partial charge in [-0.05, 0) is 35.7 Å². The molecule has 3 rings (SSSR count). The molecule has 3 aromatic rings. The number of benzene rings is 1. The van der Waals surface area contributed by atoms with Gasteiger partial charge in [0.1, 0.15) is 0 Å². The highest BCUT2D eigenvalue weighted by Gasteiger charge is 2.09. The van der Waals surface area contributed by atoms with E-state index < -0.39 is 0 Å². The molecule has 0 aliphatic rings. The van der Waals surface area contributed by atoms with Crippen LogP contribution in [0.15, 0.2) is 55.0 Å². The smallest absolute Gasteiger partial charge is 0.224 e. The second-order valence-electron chi connectivity index (χ2n) is 5.41. The topological polar surface area (TPSA) is 46.9 Å².